The van der Waals surface area contributed by atoms with Crippen LogP contribution in [0.15, 0.2) is 12.7 Å². The summed E-state index contributed by atoms with van der Waals surface area (Å²) in [6, 6.07) is 0. The number of unbranched alkanes of at least 4 members (excludes halogenated alkanes) is 10. The second-order valence-electron chi connectivity index (χ2n) is 7.14. The van der Waals surface area contributed by atoms with E-state index in [-0.39, 0.29) is 5.60 Å². The molecule has 2 nitrogen and oxygen atoms in total. The molecule has 0 saturated carbocycles. The van der Waals surface area contributed by atoms with Gasteiger partial charge in [-0.3, -0.25) is 0 Å². The highest BCUT2D eigenvalue weighted by Gasteiger charge is 2.26. The second kappa shape index (κ2) is 17.5. The maximum atomic E-state index is 5.85. The molecule has 0 bridgehead atoms. The van der Waals surface area contributed by atoms with Crippen LogP contribution in [0.25, 0.3) is 0 Å². The Morgan fingerprint density at radius 2 is 1.33 bits per heavy atom. The molecule has 0 radical (unpaired) electrons. The van der Waals surface area contributed by atoms with Crippen LogP contribution in [0.4, 0.5) is 0 Å². The third kappa shape index (κ3) is 13.0. The maximum absolute atomic E-state index is 5.85. The minimum Gasteiger partial charge on any atom is -0.378 e. The van der Waals surface area contributed by atoms with Gasteiger partial charge in [-0.05, 0) is 19.3 Å². The summed E-state index contributed by atoms with van der Waals surface area (Å²) in [6.45, 7) is 9.61. The highest BCUT2D eigenvalue weighted by molar-refractivity contribution is 4.79. The van der Waals surface area contributed by atoms with Gasteiger partial charge in [-0.15, -0.1) is 6.58 Å². The van der Waals surface area contributed by atoms with Crippen molar-refractivity contribution in [3.05, 3.63) is 12.7 Å². The van der Waals surface area contributed by atoms with E-state index in [4.69, 9.17) is 9.47 Å². The molecular formula is C22H44O2. The number of hydrogen-bond donors (Lipinski definition) is 0. The van der Waals surface area contributed by atoms with Gasteiger partial charge in [-0.2, -0.15) is 0 Å². The number of hydrogen-bond acceptors (Lipinski definition) is 2. The molecule has 0 rings (SSSR count). The van der Waals surface area contributed by atoms with Crippen molar-refractivity contribution in [3.63, 3.8) is 0 Å². The van der Waals surface area contributed by atoms with Gasteiger partial charge in [0.05, 0.1) is 12.2 Å². The fourth-order valence-corrected chi connectivity index (χ4v) is 3.36. The quantitative estimate of drug-likeness (QED) is 0.185. The summed E-state index contributed by atoms with van der Waals surface area (Å²) in [5.41, 5.74) is 0.0143. The van der Waals surface area contributed by atoms with E-state index in [1.807, 2.05) is 13.2 Å². The lowest BCUT2D eigenvalue weighted by Gasteiger charge is -2.31. The zero-order valence-electron chi connectivity index (χ0n) is 16.9. The number of rotatable bonds is 19. The van der Waals surface area contributed by atoms with Gasteiger partial charge in [0.25, 0.3) is 0 Å². The molecule has 2 heteroatoms. The minimum atomic E-state index is 0.0143. The molecule has 0 aromatic rings. The highest BCUT2D eigenvalue weighted by atomic mass is 16.5. The van der Waals surface area contributed by atoms with Gasteiger partial charge < -0.3 is 9.47 Å². The predicted molar refractivity (Wildman–Crippen MR) is 107 cm³/mol. The number of ether oxygens (including phenoxy) is 2. The summed E-state index contributed by atoms with van der Waals surface area (Å²) in [7, 11) is 1.86. The van der Waals surface area contributed by atoms with Gasteiger partial charge in [0.1, 0.15) is 0 Å². The van der Waals surface area contributed by atoms with Crippen molar-refractivity contribution in [3.8, 4) is 0 Å². The van der Waals surface area contributed by atoms with Crippen molar-refractivity contribution in [1.29, 1.82) is 0 Å². The van der Waals surface area contributed by atoms with E-state index >= 15 is 0 Å². The predicted octanol–water partition coefficient (Wildman–Crippen LogP) is 7.08. The third-order valence-electron chi connectivity index (χ3n) is 5.25. The molecule has 0 amide bonds. The Balaban J connectivity index is 3.60. The van der Waals surface area contributed by atoms with E-state index in [1.54, 1.807) is 0 Å². The van der Waals surface area contributed by atoms with Gasteiger partial charge >= 0.3 is 0 Å². The first-order chi connectivity index (χ1) is 11.7. The summed E-state index contributed by atoms with van der Waals surface area (Å²) in [5, 5.41) is 0. The minimum absolute atomic E-state index is 0.0143. The van der Waals surface area contributed by atoms with Crippen molar-refractivity contribution in [2.45, 2.75) is 109 Å². The molecule has 0 saturated heterocycles. The Kier molecular flexibility index (Phi) is 17.2. The zero-order chi connectivity index (χ0) is 17.9. The Bertz CT molecular complexity index is 259. The molecule has 0 heterocycles. The largest absolute Gasteiger partial charge is 0.378 e. The van der Waals surface area contributed by atoms with Crippen molar-refractivity contribution < 1.29 is 9.47 Å². The molecular weight excluding hydrogens is 296 g/mol. The average molecular weight is 341 g/mol. The first-order valence-electron chi connectivity index (χ1n) is 10.5. The Labute approximate surface area is 152 Å². The normalized spacial score (nSPS) is 13.8. The first kappa shape index (κ1) is 23.7. The fraction of sp³-hybridized carbons (Fsp3) is 0.909. The second-order valence-corrected chi connectivity index (χ2v) is 7.14. The van der Waals surface area contributed by atoms with Crippen molar-refractivity contribution in [2.75, 3.05) is 20.3 Å². The van der Waals surface area contributed by atoms with Crippen LogP contribution >= 0.6 is 0 Å². The fourth-order valence-electron chi connectivity index (χ4n) is 3.36. The lowest BCUT2D eigenvalue weighted by molar-refractivity contribution is -0.0457. The van der Waals surface area contributed by atoms with Crippen molar-refractivity contribution in [1.82, 2.24) is 0 Å². The van der Waals surface area contributed by atoms with Crippen LogP contribution in [0.5, 0.6) is 0 Å². The lowest BCUT2D eigenvalue weighted by Crippen LogP contribution is -2.32. The average Bonchev–Trinajstić information content (AvgIpc) is 2.61. The smallest absolute Gasteiger partial charge is 0.0698 e. The monoisotopic (exact) mass is 340 g/mol. The molecule has 1 unspecified atom stereocenters. The third-order valence-corrected chi connectivity index (χ3v) is 5.25. The van der Waals surface area contributed by atoms with Crippen LogP contribution in [-0.2, 0) is 9.47 Å². The standard InChI is InChI=1S/C22H44O2/c1-5-8-9-10-11-12-13-14-15-16-17-18-22(7-3,23-4)19-21-24-20-6-2/h6H,2,5,7-21H2,1,3-4H3. The highest BCUT2D eigenvalue weighted by Crippen LogP contribution is 2.27. The molecule has 0 N–H and O–H groups in total. The van der Waals surface area contributed by atoms with E-state index in [2.05, 4.69) is 20.4 Å². The van der Waals surface area contributed by atoms with Crippen LogP contribution in [0, 0.1) is 0 Å². The first-order valence-corrected chi connectivity index (χ1v) is 10.5. The van der Waals surface area contributed by atoms with Crippen LogP contribution in [-0.4, -0.2) is 25.9 Å². The molecule has 24 heavy (non-hydrogen) atoms. The molecule has 0 aliphatic carbocycles. The van der Waals surface area contributed by atoms with Gasteiger partial charge in [0.2, 0.25) is 0 Å². The Hall–Kier alpha value is -0.340. The lowest BCUT2D eigenvalue weighted by atomic mass is 9.89. The molecule has 0 aliphatic rings. The molecule has 0 fully saturated rings. The molecule has 0 aromatic carbocycles. The van der Waals surface area contributed by atoms with E-state index in [9.17, 15) is 0 Å². The summed E-state index contributed by atoms with van der Waals surface area (Å²) >= 11 is 0. The molecule has 1 atom stereocenters. The van der Waals surface area contributed by atoms with E-state index < -0.39 is 0 Å². The Morgan fingerprint density at radius 1 is 0.792 bits per heavy atom. The van der Waals surface area contributed by atoms with E-state index in [0.717, 1.165) is 25.9 Å². The topological polar surface area (TPSA) is 18.5 Å². The Morgan fingerprint density at radius 3 is 1.79 bits per heavy atom. The van der Waals surface area contributed by atoms with Crippen molar-refractivity contribution >= 4 is 0 Å². The summed E-state index contributed by atoms with van der Waals surface area (Å²) < 4.78 is 11.4. The van der Waals surface area contributed by atoms with E-state index in [1.165, 1.54) is 70.6 Å². The SMILES string of the molecule is C=CCOCCC(CC)(CCCCCCCCCCCCC)OC. The molecule has 144 valence electrons. The maximum Gasteiger partial charge on any atom is 0.0698 e. The van der Waals surface area contributed by atoms with Gasteiger partial charge in [-0.1, -0.05) is 90.6 Å². The number of methoxy groups -OCH3 is 1. The zero-order valence-corrected chi connectivity index (χ0v) is 16.9. The molecule has 0 aliphatic heterocycles. The van der Waals surface area contributed by atoms with Crippen LogP contribution in [0.1, 0.15) is 104 Å². The van der Waals surface area contributed by atoms with Crippen LogP contribution in [0.2, 0.25) is 0 Å². The van der Waals surface area contributed by atoms with Crippen LogP contribution < -0.4 is 0 Å². The van der Waals surface area contributed by atoms with Crippen molar-refractivity contribution in [2.24, 2.45) is 0 Å². The summed E-state index contributed by atoms with van der Waals surface area (Å²) in [5.74, 6) is 0. The summed E-state index contributed by atoms with van der Waals surface area (Å²) in [6.07, 6.45) is 20.4. The van der Waals surface area contributed by atoms with Gasteiger partial charge in [0.15, 0.2) is 0 Å². The molecule has 0 spiro atoms. The van der Waals surface area contributed by atoms with Gasteiger partial charge in [-0.25, -0.2) is 0 Å². The van der Waals surface area contributed by atoms with Crippen LogP contribution in [0.3, 0.4) is 0 Å². The molecule has 0 aromatic heterocycles. The van der Waals surface area contributed by atoms with Gasteiger partial charge in [0, 0.05) is 13.7 Å². The van der Waals surface area contributed by atoms with E-state index in [0.29, 0.717) is 6.61 Å². The summed E-state index contributed by atoms with van der Waals surface area (Å²) in [4.78, 5) is 0.